The number of nitrogens with zero attached hydrogens (tertiary/aromatic N) is 5. The molecule has 1 N–H and O–H groups in total. The molecular formula is C19H14N6O4. The number of nitro benzene ring substituents is 2. The number of non-ortho nitro benzene ring substituents is 1. The Balaban J connectivity index is 2.09. The van der Waals surface area contributed by atoms with Gasteiger partial charge in [-0.15, -0.1) is 10.2 Å². The summed E-state index contributed by atoms with van der Waals surface area (Å²) < 4.78 is 0. The van der Waals surface area contributed by atoms with Gasteiger partial charge in [-0.25, -0.2) is 0 Å². The van der Waals surface area contributed by atoms with Crippen molar-refractivity contribution >= 4 is 28.6 Å². The first-order valence-electron chi connectivity index (χ1n) is 8.33. The van der Waals surface area contributed by atoms with Crippen molar-refractivity contribution in [1.29, 1.82) is 0 Å². The molecule has 0 saturated heterocycles. The zero-order valence-corrected chi connectivity index (χ0v) is 14.9. The van der Waals surface area contributed by atoms with Gasteiger partial charge in [0.05, 0.1) is 21.2 Å². The molecule has 0 spiro atoms. The number of azo groups is 1. The SMILES string of the molecule is O=[N+]([O-])c1ccc([N+](=O)[O-])c(/C(N=Nc2ccccc2)=N/Nc2ccccc2)c1. The van der Waals surface area contributed by atoms with Crippen LogP contribution in [0.3, 0.4) is 0 Å². The molecule has 0 aliphatic carbocycles. The van der Waals surface area contributed by atoms with Crippen LogP contribution in [0.5, 0.6) is 0 Å². The first-order chi connectivity index (χ1) is 14.0. The van der Waals surface area contributed by atoms with E-state index in [2.05, 4.69) is 20.8 Å². The summed E-state index contributed by atoms with van der Waals surface area (Å²) in [5, 5.41) is 34.7. The second-order valence-corrected chi connectivity index (χ2v) is 5.66. The van der Waals surface area contributed by atoms with E-state index in [1.54, 1.807) is 54.6 Å². The van der Waals surface area contributed by atoms with E-state index in [4.69, 9.17) is 0 Å². The third-order valence-electron chi connectivity index (χ3n) is 3.71. The molecule has 3 aromatic carbocycles. The van der Waals surface area contributed by atoms with Gasteiger partial charge >= 0.3 is 0 Å². The number of para-hydroxylation sites is 1. The van der Waals surface area contributed by atoms with Gasteiger partial charge in [0.1, 0.15) is 5.56 Å². The molecule has 3 rings (SSSR count). The second-order valence-electron chi connectivity index (χ2n) is 5.66. The predicted molar refractivity (Wildman–Crippen MR) is 107 cm³/mol. The third kappa shape index (κ3) is 5.04. The summed E-state index contributed by atoms with van der Waals surface area (Å²) in [6, 6.07) is 20.7. The molecule has 0 fully saturated rings. The third-order valence-corrected chi connectivity index (χ3v) is 3.71. The van der Waals surface area contributed by atoms with Crippen LogP contribution in [-0.2, 0) is 0 Å². The molecular weight excluding hydrogens is 376 g/mol. The van der Waals surface area contributed by atoms with Gasteiger partial charge in [0, 0.05) is 18.2 Å². The fourth-order valence-corrected chi connectivity index (χ4v) is 2.34. The van der Waals surface area contributed by atoms with Crippen molar-refractivity contribution in [3.63, 3.8) is 0 Å². The highest BCUT2D eigenvalue weighted by Crippen LogP contribution is 2.26. The Kier molecular flexibility index (Phi) is 5.96. The van der Waals surface area contributed by atoms with Gasteiger partial charge in [0.2, 0.25) is 5.84 Å². The maximum Gasteiger partial charge on any atom is 0.281 e. The highest BCUT2D eigenvalue weighted by atomic mass is 16.6. The normalized spacial score (nSPS) is 11.4. The van der Waals surface area contributed by atoms with Crippen LogP contribution in [0.1, 0.15) is 5.56 Å². The van der Waals surface area contributed by atoms with E-state index in [0.29, 0.717) is 11.4 Å². The van der Waals surface area contributed by atoms with Crippen molar-refractivity contribution < 1.29 is 9.85 Å². The summed E-state index contributed by atoms with van der Waals surface area (Å²) in [5.41, 5.74) is 3.00. The Hall–Kier alpha value is -4.47. The molecule has 0 saturated carbocycles. The van der Waals surface area contributed by atoms with Crippen LogP contribution in [0.15, 0.2) is 94.2 Å². The Morgan fingerprint density at radius 1 is 0.828 bits per heavy atom. The topological polar surface area (TPSA) is 135 Å². The molecule has 0 radical (unpaired) electrons. The molecule has 0 atom stereocenters. The fourth-order valence-electron chi connectivity index (χ4n) is 2.34. The van der Waals surface area contributed by atoms with Crippen LogP contribution in [0.2, 0.25) is 0 Å². The number of benzene rings is 3. The second kappa shape index (κ2) is 8.95. The van der Waals surface area contributed by atoms with Crippen LogP contribution in [0, 0.1) is 20.2 Å². The number of nitro groups is 2. The van der Waals surface area contributed by atoms with E-state index < -0.39 is 9.85 Å². The van der Waals surface area contributed by atoms with E-state index in [0.717, 1.165) is 18.2 Å². The zero-order chi connectivity index (χ0) is 20.6. The van der Waals surface area contributed by atoms with Gasteiger partial charge in [-0.1, -0.05) is 36.4 Å². The summed E-state index contributed by atoms with van der Waals surface area (Å²) >= 11 is 0. The van der Waals surface area contributed by atoms with Gasteiger partial charge in [-0.3, -0.25) is 25.7 Å². The lowest BCUT2D eigenvalue weighted by Gasteiger charge is -2.04. The average Bonchev–Trinajstić information content (AvgIpc) is 2.74. The molecule has 0 aliphatic rings. The minimum absolute atomic E-state index is 0.132. The summed E-state index contributed by atoms with van der Waals surface area (Å²) in [4.78, 5) is 21.3. The molecule has 0 aromatic heterocycles. The molecule has 10 nitrogen and oxygen atoms in total. The van der Waals surface area contributed by atoms with Crippen LogP contribution in [0.25, 0.3) is 0 Å². The Labute approximate surface area is 164 Å². The van der Waals surface area contributed by atoms with E-state index >= 15 is 0 Å². The van der Waals surface area contributed by atoms with Gasteiger partial charge in [-0.05, 0) is 24.3 Å². The summed E-state index contributed by atoms with van der Waals surface area (Å²) in [5.74, 6) is -0.173. The van der Waals surface area contributed by atoms with Crippen molar-refractivity contribution in [2.24, 2.45) is 15.3 Å². The van der Waals surface area contributed by atoms with E-state index in [1.165, 1.54) is 0 Å². The Morgan fingerprint density at radius 3 is 2.10 bits per heavy atom. The maximum absolute atomic E-state index is 11.4. The lowest BCUT2D eigenvalue weighted by molar-refractivity contribution is -0.389. The number of amidine groups is 1. The quantitative estimate of drug-likeness (QED) is 0.206. The molecule has 144 valence electrons. The molecule has 0 heterocycles. The molecule has 0 unspecified atom stereocenters. The molecule has 0 aliphatic heterocycles. The lowest BCUT2D eigenvalue weighted by atomic mass is 10.1. The first kappa shape index (κ1) is 19.3. The van der Waals surface area contributed by atoms with E-state index in [-0.39, 0.29) is 22.8 Å². The van der Waals surface area contributed by atoms with Crippen molar-refractivity contribution in [2.75, 3.05) is 5.43 Å². The summed E-state index contributed by atoms with van der Waals surface area (Å²) in [6.45, 7) is 0. The monoisotopic (exact) mass is 390 g/mol. The molecule has 0 amide bonds. The summed E-state index contributed by atoms with van der Waals surface area (Å²) in [7, 11) is 0. The lowest BCUT2D eigenvalue weighted by Crippen LogP contribution is -2.06. The van der Waals surface area contributed by atoms with Crippen LogP contribution < -0.4 is 5.43 Å². The number of hydrazone groups is 1. The minimum atomic E-state index is -0.658. The zero-order valence-electron chi connectivity index (χ0n) is 14.9. The number of nitrogens with one attached hydrogen (secondary N) is 1. The highest BCUT2D eigenvalue weighted by Gasteiger charge is 2.23. The fraction of sp³-hybridized carbons (Fsp3) is 0. The largest absolute Gasteiger partial charge is 0.281 e. The number of rotatable bonds is 6. The van der Waals surface area contributed by atoms with Crippen LogP contribution >= 0.6 is 0 Å². The Bertz CT molecular complexity index is 1080. The molecule has 10 heteroatoms. The van der Waals surface area contributed by atoms with Gasteiger partial charge in [0.25, 0.3) is 11.4 Å². The highest BCUT2D eigenvalue weighted by molar-refractivity contribution is 6.03. The number of anilines is 1. The number of hydrogen-bond donors (Lipinski definition) is 1. The van der Waals surface area contributed by atoms with Gasteiger partial charge in [-0.2, -0.15) is 5.10 Å². The summed E-state index contributed by atoms with van der Waals surface area (Å²) in [6.07, 6.45) is 0. The average molecular weight is 390 g/mol. The minimum Gasteiger partial charge on any atom is -0.276 e. The van der Waals surface area contributed by atoms with Crippen molar-refractivity contribution in [3.8, 4) is 0 Å². The smallest absolute Gasteiger partial charge is 0.276 e. The van der Waals surface area contributed by atoms with Crippen molar-refractivity contribution in [1.82, 2.24) is 0 Å². The van der Waals surface area contributed by atoms with Crippen molar-refractivity contribution in [2.45, 2.75) is 0 Å². The van der Waals surface area contributed by atoms with E-state index in [9.17, 15) is 20.2 Å². The first-order valence-corrected chi connectivity index (χ1v) is 8.33. The maximum atomic E-state index is 11.4. The molecule has 3 aromatic rings. The van der Waals surface area contributed by atoms with Crippen molar-refractivity contribution in [3.05, 3.63) is 105 Å². The van der Waals surface area contributed by atoms with Gasteiger partial charge in [0.15, 0.2) is 0 Å². The Morgan fingerprint density at radius 2 is 1.48 bits per heavy atom. The van der Waals surface area contributed by atoms with E-state index in [1.807, 2.05) is 6.07 Å². The molecule has 0 bridgehead atoms. The number of hydrogen-bond acceptors (Lipinski definition) is 7. The molecule has 29 heavy (non-hydrogen) atoms. The van der Waals surface area contributed by atoms with Crippen LogP contribution in [-0.4, -0.2) is 15.7 Å². The predicted octanol–water partition coefficient (Wildman–Crippen LogP) is 5.06. The standard InChI is InChI=1S/C19H14N6O4/c26-24(27)16-11-12-18(25(28)29)17(13-16)19(22-20-14-7-3-1-4-8-14)23-21-15-9-5-2-6-10-15/h1-13,20H/b22-19-,23-21?. The van der Waals surface area contributed by atoms with Gasteiger partial charge < -0.3 is 0 Å². The van der Waals surface area contributed by atoms with Crippen LogP contribution in [0.4, 0.5) is 22.7 Å².